The van der Waals surface area contributed by atoms with Crippen LogP contribution in [0.1, 0.15) is 27.0 Å². The molecule has 2 rings (SSSR count). The molecule has 2 aromatic carbocycles. The number of aromatic hydroxyl groups is 1. The molecule has 0 aliphatic rings. The summed E-state index contributed by atoms with van der Waals surface area (Å²) in [7, 11) is 0. The third-order valence-corrected chi connectivity index (χ3v) is 3.60. The second kappa shape index (κ2) is 6.06. The van der Waals surface area contributed by atoms with E-state index in [1.165, 1.54) is 0 Å². The predicted molar refractivity (Wildman–Crippen MR) is 85.1 cm³/mol. The Morgan fingerprint density at radius 3 is 2.20 bits per heavy atom. The van der Waals surface area contributed by atoms with Crippen molar-refractivity contribution >= 4 is 27.8 Å². The molecule has 0 aliphatic heterocycles. The fourth-order valence-corrected chi connectivity index (χ4v) is 2.23. The van der Waals surface area contributed by atoms with Gasteiger partial charge in [0.1, 0.15) is 5.75 Å². The number of phenols is 1. The van der Waals surface area contributed by atoms with E-state index in [-0.39, 0.29) is 5.78 Å². The summed E-state index contributed by atoms with van der Waals surface area (Å²) in [6.45, 7) is 3.69. The SMILES string of the molecule is Cc1cc(C=CC(=O)c2ccc(Br)cc2)cc(C)c1O. The Hall–Kier alpha value is -1.87. The van der Waals surface area contributed by atoms with Crippen LogP contribution in [-0.4, -0.2) is 10.9 Å². The fourth-order valence-electron chi connectivity index (χ4n) is 1.97. The van der Waals surface area contributed by atoms with Crippen LogP contribution >= 0.6 is 15.9 Å². The van der Waals surface area contributed by atoms with Crippen molar-refractivity contribution in [1.82, 2.24) is 0 Å². The first-order chi connectivity index (χ1) is 9.47. The second-order valence-corrected chi connectivity index (χ2v) is 5.62. The van der Waals surface area contributed by atoms with Gasteiger partial charge in [0.05, 0.1) is 0 Å². The van der Waals surface area contributed by atoms with Crippen LogP contribution < -0.4 is 0 Å². The molecule has 0 saturated carbocycles. The first-order valence-corrected chi connectivity index (χ1v) is 7.05. The maximum absolute atomic E-state index is 12.0. The summed E-state index contributed by atoms with van der Waals surface area (Å²) in [5.74, 6) is 0.266. The number of hydrogen-bond donors (Lipinski definition) is 1. The number of hydrogen-bond acceptors (Lipinski definition) is 2. The third-order valence-electron chi connectivity index (χ3n) is 3.07. The van der Waals surface area contributed by atoms with Crippen molar-refractivity contribution in [2.75, 3.05) is 0 Å². The zero-order valence-corrected chi connectivity index (χ0v) is 12.9. The monoisotopic (exact) mass is 330 g/mol. The molecule has 0 atom stereocenters. The summed E-state index contributed by atoms with van der Waals surface area (Å²) in [5.41, 5.74) is 3.17. The summed E-state index contributed by atoms with van der Waals surface area (Å²) in [4.78, 5) is 12.0. The van der Waals surface area contributed by atoms with Gasteiger partial charge in [-0.15, -0.1) is 0 Å². The fraction of sp³-hybridized carbons (Fsp3) is 0.118. The highest BCUT2D eigenvalue weighted by atomic mass is 79.9. The predicted octanol–water partition coefficient (Wildman–Crippen LogP) is 4.67. The Balaban J connectivity index is 2.21. The zero-order chi connectivity index (χ0) is 14.7. The number of carbonyl (C=O) groups excluding carboxylic acids is 1. The number of halogens is 1. The van der Waals surface area contributed by atoms with E-state index in [1.54, 1.807) is 24.3 Å². The van der Waals surface area contributed by atoms with E-state index in [0.717, 1.165) is 21.2 Å². The van der Waals surface area contributed by atoms with Gasteiger partial charge in [-0.25, -0.2) is 0 Å². The van der Waals surface area contributed by atoms with E-state index < -0.39 is 0 Å². The Morgan fingerprint density at radius 2 is 1.65 bits per heavy atom. The third kappa shape index (κ3) is 3.36. The van der Waals surface area contributed by atoms with Crippen LogP contribution in [0.2, 0.25) is 0 Å². The number of aryl methyl sites for hydroxylation is 2. The van der Waals surface area contributed by atoms with Crippen LogP contribution in [0.5, 0.6) is 5.75 Å². The van der Waals surface area contributed by atoms with Crippen molar-refractivity contribution in [2.45, 2.75) is 13.8 Å². The zero-order valence-electron chi connectivity index (χ0n) is 11.4. The van der Waals surface area contributed by atoms with Gasteiger partial charge in [-0.1, -0.05) is 22.0 Å². The number of benzene rings is 2. The summed E-state index contributed by atoms with van der Waals surface area (Å²) in [6.07, 6.45) is 3.32. The summed E-state index contributed by atoms with van der Waals surface area (Å²) in [6, 6.07) is 11.0. The molecular formula is C17H15BrO2. The molecule has 0 spiro atoms. The van der Waals surface area contributed by atoms with Gasteiger partial charge in [-0.05, 0) is 73.0 Å². The molecule has 20 heavy (non-hydrogen) atoms. The minimum atomic E-state index is -0.0409. The molecule has 0 bridgehead atoms. The van der Waals surface area contributed by atoms with E-state index in [2.05, 4.69) is 15.9 Å². The minimum absolute atomic E-state index is 0.0409. The van der Waals surface area contributed by atoms with Gasteiger partial charge in [0.15, 0.2) is 5.78 Å². The summed E-state index contributed by atoms with van der Waals surface area (Å²) in [5, 5.41) is 9.72. The van der Waals surface area contributed by atoms with Gasteiger partial charge in [0.2, 0.25) is 0 Å². The molecule has 2 nitrogen and oxygen atoms in total. The van der Waals surface area contributed by atoms with Crippen molar-refractivity contribution in [1.29, 1.82) is 0 Å². The normalized spacial score (nSPS) is 10.9. The molecule has 102 valence electrons. The first kappa shape index (κ1) is 14.5. The largest absolute Gasteiger partial charge is 0.507 e. The van der Waals surface area contributed by atoms with E-state index in [0.29, 0.717) is 11.3 Å². The van der Waals surface area contributed by atoms with Crippen molar-refractivity contribution < 1.29 is 9.90 Å². The van der Waals surface area contributed by atoms with Crippen molar-refractivity contribution in [2.24, 2.45) is 0 Å². The number of rotatable bonds is 3. The van der Waals surface area contributed by atoms with Crippen LogP contribution in [0.25, 0.3) is 6.08 Å². The molecule has 0 unspecified atom stereocenters. The van der Waals surface area contributed by atoms with Crippen molar-refractivity contribution in [3.05, 3.63) is 69.2 Å². The van der Waals surface area contributed by atoms with Crippen LogP contribution in [0, 0.1) is 13.8 Å². The Bertz CT molecular complexity index is 647. The van der Waals surface area contributed by atoms with Gasteiger partial charge >= 0.3 is 0 Å². The topological polar surface area (TPSA) is 37.3 Å². The van der Waals surface area contributed by atoms with Gasteiger partial charge in [0.25, 0.3) is 0 Å². The van der Waals surface area contributed by atoms with E-state index in [1.807, 2.05) is 38.1 Å². The quantitative estimate of drug-likeness (QED) is 0.656. The molecule has 0 heterocycles. The lowest BCUT2D eigenvalue weighted by atomic mass is 10.0. The Kier molecular flexibility index (Phi) is 4.40. The second-order valence-electron chi connectivity index (χ2n) is 4.71. The molecule has 0 saturated heterocycles. The number of carbonyl (C=O) groups is 1. The highest BCUT2D eigenvalue weighted by Crippen LogP contribution is 2.23. The smallest absolute Gasteiger partial charge is 0.185 e. The van der Waals surface area contributed by atoms with Crippen LogP contribution in [0.4, 0.5) is 0 Å². The molecular weight excluding hydrogens is 316 g/mol. The lowest BCUT2D eigenvalue weighted by molar-refractivity contribution is 0.104. The maximum Gasteiger partial charge on any atom is 0.185 e. The van der Waals surface area contributed by atoms with Crippen LogP contribution in [0.15, 0.2) is 46.9 Å². The summed E-state index contributed by atoms with van der Waals surface area (Å²) < 4.78 is 0.947. The standard InChI is InChI=1S/C17H15BrO2/c1-11-9-13(10-12(2)17(11)20)3-8-16(19)14-4-6-15(18)7-5-14/h3-10,20H,1-2H3. The summed E-state index contributed by atoms with van der Waals surface area (Å²) >= 11 is 3.34. The number of allylic oxidation sites excluding steroid dienone is 1. The van der Waals surface area contributed by atoms with Gasteiger partial charge in [0, 0.05) is 10.0 Å². The molecule has 0 aromatic heterocycles. The average molecular weight is 331 g/mol. The Morgan fingerprint density at radius 1 is 1.10 bits per heavy atom. The number of phenolic OH excluding ortho intramolecular Hbond substituents is 1. The highest BCUT2D eigenvalue weighted by Gasteiger charge is 2.03. The molecule has 0 fully saturated rings. The highest BCUT2D eigenvalue weighted by molar-refractivity contribution is 9.10. The van der Waals surface area contributed by atoms with Crippen molar-refractivity contribution in [3.8, 4) is 5.75 Å². The molecule has 0 aliphatic carbocycles. The van der Waals surface area contributed by atoms with Gasteiger partial charge in [-0.2, -0.15) is 0 Å². The maximum atomic E-state index is 12.0. The first-order valence-electron chi connectivity index (χ1n) is 6.25. The van der Waals surface area contributed by atoms with E-state index >= 15 is 0 Å². The molecule has 2 aromatic rings. The van der Waals surface area contributed by atoms with E-state index in [9.17, 15) is 9.90 Å². The van der Waals surface area contributed by atoms with Crippen LogP contribution in [-0.2, 0) is 0 Å². The average Bonchev–Trinajstić information content (AvgIpc) is 2.42. The number of ketones is 1. The molecule has 0 amide bonds. The van der Waals surface area contributed by atoms with Gasteiger partial charge in [-0.3, -0.25) is 4.79 Å². The lowest BCUT2D eigenvalue weighted by Gasteiger charge is -2.04. The molecule has 3 heteroatoms. The molecule has 0 radical (unpaired) electrons. The van der Waals surface area contributed by atoms with Crippen molar-refractivity contribution in [3.63, 3.8) is 0 Å². The Labute approximate surface area is 126 Å². The minimum Gasteiger partial charge on any atom is -0.507 e. The van der Waals surface area contributed by atoms with Crippen LogP contribution in [0.3, 0.4) is 0 Å². The molecule has 1 N–H and O–H groups in total. The van der Waals surface area contributed by atoms with Gasteiger partial charge < -0.3 is 5.11 Å². The lowest BCUT2D eigenvalue weighted by Crippen LogP contribution is -1.93. The van der Waals surface area contributed by atoms with E-state index in [4.69, 9.17) is 0 Å².